The van der Waals surface area contributed by atoms with Gasteiger partial charge < -0.3 is 10.6 Å². The summed E-state index contributed by atoms with van der Waals surface area (Å²) in [5, 5.41) is 6.09. The molecule has 2 N–H and O–H groups in total. The molecule has 0 saturated carbocycles. The molecule has 0 aromatic carbocycles. The molecular formula is C12H26N2OS. The van der Waals surface area contributed by atoms with Crippen LogP contribution in [-0.2, 0) is 4.79 Å². The Morgan fingerprint density at radius 1 is 1.25 bits per heavy atom. The topological polar surface area (TPSA) is 41.1 Å². The zero-order valence-electron chi connectivity index (χ0n) is 11.4. The van der Waals surface area contributed by atoms with Crippen molar-refractivity contribution in [3.05, 3.63) is 0 Å². The lowest BCUT2D eigenvalue weighted by atomic mass is 10.3. The van der Waals surface area contributed by atoms with E-state index in [1.54, 1.807) is 0 Å². The van der Waals surface area contributed by atoms with Gasteiger partial charge in [0.25, 0.3) is 0 Å². The predicted molar refractivity (Wildman–Crippen MR) is 73.0 cm³/mol. The van der Waals surface area contributed by atoms with Gasteiger partial charge in [-0.1, -0.05) is 20.8 Å². The van der Waals surface area contributed by atoms with Crippen molar-refractivity contribution in [2.75, 3.05) is 12.3 Å². The quantitative estimate of drug-likeness (QED) is 0.753. The number of hydrogen-bond acceptors (Lipinski definition) is 3. The van der Waals surface area contributed by atoms with Crippen molar-refractivity contribution in [3.63, 3.8) is 0 Å². The Balaban J connectivity index is 3.65. The minimum Gasteiger partial charge on any atom is -0.353 e. The van der Waals surface area contributed by atoms with Crippen LogP contribution in [0.5, 0.6) is 0 Å². The average Bonchev–Trinajstić information content (AvgIpc) is 2.09. The molecule has 0 spiro atoms. The molecule has 0 radical (unpaired) electrons. The van der Waals surface area contributed by atoms with Crippen LogP contribution < -0.4 is 10.6 Å². The van der Waals surface area contributed by atoms with Crippen LogP contribution in [0.2, 0.25) is 0 Å². The first-order chi connectivity index (χ1) is 7.20. The minimum atomic E-state index is 0.0719. The monoisotopic (exact) mass is 246 g/mol. The van der Waals surface area contributed by atoms with Crippen molar-refractivity contribution in [1.29, 1.82) is 0 Å². The number of carbonyl (C=O) groups is 1. The van der Waals surface area contributed by atoms with E-state index in [0.29, 0.717) is 12.6 Å². The Morgan fingerprint density at radius 3 is 2.25 bits per heavy atom. The van der Waals surface area contributed by atoms with Crippen molar-refractivity contribution < 1.29 is 4.79 Å². The lowest BCUT2D eigenvalue weighted by Gasteiger charge is -2.21. The molecule has 96 valence electrons. The summed E-state index contributed by atoms with van der Waals surface area (Å²) >= 11 is 1.91. The maximum Gasteiger partial charge on any atom is 0.234 e. The predicted octanol–water partition coefficient (Wildman–Crippen LogP) is 2.02. The molecule has 0 heterocycles. The molecule has 0 rings (SSSR count). The summed E-state index contributed by atoms with van der Waals surface area (Å²) in [5.41, 5.74) is 0. The van der Waals surface area contributed by atoms with E-state index in [0.717, 1.165) is 5.75 Å². The molecule has 0 bridgehead atoms. The molecule has 1 unspecified atom stereocenters. The zero-order valence-corrected chi connectivity index (χ0v) is 12.2. The molecule has 16 heavy (non-hydrogen) atoms. The van der Waals surface area contributed by atoms with Crippen LogP contribution in [0, 0.1) is 0 Å². The van der Waals surface area contributed by atoms with Gasteiger partial charge >= 0.3 is 0 Å². The van der Waals surface area contributed by atoms with E-state index in [1.165, 1.54) is 0 Å². The molecule has 1 amide bonds. The van der Waals surface area contributed by atoms with Crippen molar-refractivity contribution in [1.82, 2.24) is 10.6 Å². The van der Waals surface area contributed by atoms with E-state index in [9.17, 15) is 4.79 Å². The van der Waals surface area contributed by atoms with Gasteiger partial charge in [0.1, 0.15) is 0 Å². The number of amides is 1. The molecule has 0 aliphatic carbocycles. The van der Waals surface area contributed by atoms with Gasteiger partial charge in [-0.2, -0.15) is 11.8 Å². The van der Waals surface area contributed by atoms with E-state index in [-0.39, 0.29) is 16.7 Å². The zero-order chi connectivity index (χ0) is 12.8. The number of carbonyl (C=O) groups excluding carboxylic acids is 1. The SMILES string of the molecule is CC(C)NC(=O)CNC(C)CSC(C)(C)C. The highest BCUT2D eigenvalue weighted by Gasteiger charge is 2.13. The minimum absolute atomic E-state index is 0.0719. The van der Waals surface area contributed by atoms with Gasteiger partial charge in [-0.15, -0.1) is 0 Å². The summed E-state index contributed by atoms with van der Waals surface area (Å²) in [7, 11) is 0. The third-order valence-electron chi connectivity index (χ3n) is 1.83. The van der Waals surface area contributed by atoms with E-state index in [2.05, 4.69) is 38.3 Å². The Hall–Kier alpha value is -0.220. The molecule has 0 aromatic rings. The highest BCUT2D eigenvalue weighted by atomic mass is 32.2. The van der Waals surface area contributed by atoms with E-state index in [1.807, 2.05) is 25.6 Å². The largest absolute Gasteiger partial charge is 0.353 e. The van der Waals surface area contributed by atoms with Crippen molar-refractivity contribution in [2.24, 2.45) is 0 Å². The van der Waals surface area contributed by atoms with Crippen molar-refractivity contribution >= 4 is 17.7 Å². The molecule has 3 nitrogen and oxygen atoms in total. The van der Waals surface area contributed by atoms with Crippen LogP contribution in [0.25, 0.3) is 0 Å². The van der Waals surface area contributed by atoms with Crippen LogP contribution in [0.1, 0.15) is 41.5 Å². The number of nitrogens with one attached hydrogen (secondary N) is 2. The molecular weight excluding hydrogens is 220 g/mol. The van der Waals surface area contributed by atoms with E-state index < -0.39 is 0 Å². The highest BCUT2D eigenvalue weighted by Crippen LogP contribution is 2.23. The van der Waals surface area contributed by atoms with Gasteiger partial charge in [0.15, 0.2) is 0 Å². The molecule has 1 atom stereocenters. The second-order valence-electron chi connectivity index (χ2n) is 5.43. The molecule has 0 saturated heterocycles. The third kappa shape index (κ3) is 10.3. The fourth-order valence-corrected chi connectivity index (χ4v) is 1.94. The van der Waals surface area contributed by atoms with E-state index in [4.69, 9.17) is 0 Å². The lowest BCUT2D eigenvalue weighted by Crippen LogP contribution is -2.41. The Labute approximate surface area is 104 Å². The maximum atomic E-state index is 11.4. The van der Waals surface area contributed by atoms with Gasteiger partial charge in [0, 0.05) is 22.6 Å². The summed E-state index contributed by atoms with van der Waals surface area (Å²) in [6.45, 7) is 13.1. The molecule has 4 heteroatoms. The fourth-order valence-electron chi connectivity index (χ4n) is 1.07. The van der Waals surface area contributed by atoms with Crippen LogP contribution in [-0.4, -0.2) is 35.0 Å². The first-order valence-corrected chi connectivity index (χ1v) is 6.86. The summed E-state index contributed by atoms with van der Waals surface area (Å²) in [4.78, 5) is 11.4. The first kappa shape index (κ1) is 15.8. The Bertz CT molecular complexity index is 212. The van der Waals surface area contributed by atoms with E-state index >= 15 is 0 Å². The van der Waals surface area contributed by atoms with Crippen LogP contribution in [0.3, 0.4) is 0 Å². The summed E-state index contributed by atoms with van der Waals surface area (Å²) in [6.07, 6.45) is 0. The molecule has 0 aliphatic heterocycles. The third-order valence-corrected chi connectivity index (χ3v) is 3.36. The average molecular weight is 246 g/mol. The van der Waals surface area contributed by atoms with Crippen LogP contribution in [0.4, 0.5) is 0 Å². The summed E-state index contributed by atoms with van der Waals surface area (Å²) in [5.74, 6) is 1.10. The number of thioether (sulfide) groups is 1. The second kappa shape index (κ2) is 7.17. The number of rotatable bonds is 6. The normalized spacial score (nSPS) is 13.9. The standard InChI is InChI=1S/C12H26N2OS/c1-9(2)14-11(15)7-13-10(3)8-16-12(4,5)6/h9-10,13H,7-8H2,1-6H3,(H,14,15). The molecule has 0 aliphatic rings. The van der Waals surface area contributed by atoms with Gasteiger partial charge in [-0.25, -0.2) is 0 Å². The van der Waals surface area contributed by atoms with Gasteiger partial charge in [0.05, 0.1) is 6.54 Å². The first-order valence-electron chi connectivity index (χ1n) is 5.87. The van der Waals surface area contributed by atoms with Gasteiger partial charge in [-0.3, -0.25) is 4.79 Å². The van der Waals surface area contributed by atoms with Crippen LogP contribution >= 0.6 is 11.8 Å². The smallest absolute Gasteiger partial charge is 0.234 e. The maximum absolute atomic E-state index is 11.4. The highest BCUT2D eigenvalue weighted by molar-refractivity contribution is 8.00. The Morgan fingerprint density at radius 2 is 1.81 bits per heavy atom. The number of hydrogen-bond donors (Lipinski definition) is 2. The molecule has 0 aromatic heterocycles. The van der Waals surface area contributed by atoms with Crippen molar-refractivity contribution in [2.45, 2.75) is 58.4 Å². The van der Waals surface area contributed by atoms with Crippen LogP contribution in [0.15, 0.2) is 0 Å². The van der Waals surface area contributed by atoms with Gasteiger partial charge in [-0.05, 0) is 20.8 Å². The second-order valence-corrected chi connectivity index (χ2v) is 7.27. The Kier molecular flexibility index (Phi) is 7.07. The summed E-state index contributed by atoms with van der Waals surface area (Å²) in [6, 6.07) is 0.579. The summed E-state index contributed by atoms with van der Waals surface area (Å²) < 4.78 is 0.288. The van der Waals surface area contributed by atoms with Crippen molar-refractivity contribution in [3.8, 4) is 0 Å². The molecule has 0 fully saturated rings. The fraction of sp³-hybridized carbons (Fsp3) is 0.917. The van der Waals surface area contributed by atoms with Gasteiger partial charge in [0.2, 0.25) is 5.91 Å². The lowest BCUT2D eigenvalue weighted by molar-refractivity contribution is -0.120.